The first-order valence-corrected chi connectivity index (χ1v) is 11.0. The van der Waals surface area contributed by atoms with Gasteiger partial charge in [-0.3, -0.25) is 14.8 Å². The number of carbonyl (C=O) groups is 2. The monoisotopic (exact) mass is 440 g/mol. The van der Waals surface area contributed by atoms with Gasteiger partial charge in [0.05, 0.1) is 19.9 Å². The smallest absolute Gasteiger partial charge is 0.328 e. The van der Waals surface area contributed by atoms with Crippen LogP contribution in [0, 0.1) is 5.92 Å². The van der Waals surface area contributed by atoms with Crippen LogP contribution < -0.4 is 10.1 Å². The second-order valence-corrected chi connectivity index (χ2v) is 8.13. The highest BCUT2D eigenvalue weighted by molar-refractivity contribution is 5.84. The third-order valence-electron chi connectivity index (χ3n) is 5.90. The van der Waals surface area contributed by atoms with E-state index in [9.17, 15) is 9.59 Å². The van der Waals surface area contributed by atoms with Crippen molar-refractivity contribution in [2.45, 2.75) is 38.1 Å². The van der Waals surface area contributed by atoms with Gasteiger partial charge in [0.15, 0.2) is 0 Å². The lowest BCUT2D eigenvalue weighted by Crippen LogP contribution is -2.44. The van der Waals surface area contributed by atoms with E-state index in [0.717, 1.165) is 55.9 Å². The Morgan fingerprint density at radius 3 is 2.53 bits per heavy atom. The molecule has 32 heavy (non-hydrogen) atoms. The average molecular weight is 441 g/mol. The van der Waals surface area contributed by atoms with Gasteiger partial charge in [-0.1, -0.05) is 12.1 Å². The number of esters is 1. The minimum Gasteiger partial charge on any atom is -0.497 e. The largest absolute Gasteiger partial charge is 0.497 e. The van der Waals surface area contributed by atoms with Crippen molar-refractivity contribution in [3.63, 3.8) is 0 Å². The molecule has 1 fully saturated rings. The summed E-state index contributed by atoms with van der Waals surface area (Å²) in [5.41, 5.74) is 1.93. The van der Waals surface area contributed by atoms with Gasteiger partial charge in [-0.05, 0) is 49.5 Å². The van der Waals surface area contributed by atoms with E-state index in [0.29, 0.717) is 18.8 Å². The van der Waals surface area contributed by atoms with Gasteiger partial charge in [0, 0.05) is 44.4 Å². The van der Waals surface area contributed by atoms with Gasteiger partial charge in [-0.15, -0.1) is 0 Å². The van der Waals surface area contributed by atoms with E-state index in [1.165, 1.54) is 7.11 Å². The van der Waals surface area contributed by atoms with Crippen LogP contribution in [0.15, 0.2) is 42.9 Å². The van der Waals surface area contributed by atoms with E-state index in [-0.39, 0.29) is 5.91 Å². The number of benzene rings is 1. The molecule has 8 nitrogen and oxygen atoms in total. The number of ether oxygens (including phenoxy) is 2. The highest BCUT2D eigenvalue weighted by atomic mass is 16.5. The fourth-order valence-electron chi connectivity index (χ4n) is 3.99. The van der Waals surface area contributed by atoms with Crippen LogP contribution in [-0.4, -0.2) is 66.6 Å². The normalized spacial score (nSPS) is 15.7. The topological polar surface area (TPSA) is 93.6 Å². The zero-order chi connectivity index (χ0) is 22.8. The van der Waals surface area contributed by atoms with Crippen LogP contribution in [0.25, 0.3) is 0 Å². The molecule has 1 amide bonds. The van der Waals surface area contributed by atoms with Gasteiger partial charge in [0.1, 0.15) is 11.8 Å². The van der Waals surface area contributed by atoms with Crippen LogP contribution >= 0.6 is 0 Å². The molecule has 1 aromatic carbocycles. The van der Waals surface area contributed by atoms with Crippen molar-refractivity contribution in [1.29, 1.82) is 0 Å². The molecule has 0 spiro atoms. The van der Waals surface area contributed by atoms with Gasteiger partial charge >= 0.3 is 5.97 Å². The molecule has 2 aromatic rings. The van der Waals surface area contributed by atoms with Crippen LogP contribution in [0.3, 0.4) is 0 Å². The standard InChI is InChI=1S/C24H32N4O4/c1-31-21-5-3-18(4-6-21)15-22(24(30)32-2)27-23(29)16-19-7-12-28(13-8-19)14-9-20-17-25-10-11-26-20/h3-6,10-11,17,19,22H,7-9,12-16H2,1-2H3,(H,27,29). The molecule has 2 heterocycles. The number of carbonyl (C=O) groups excluding carboxylic acids is 2. The van der Waals surface area contributed by atoms with E-state index in [1.807, 2.05) is 24.3 Å². The van der Waals surface area contributed by atoms with Crippen LogP contribution in [0.5, 0.6) is 5.75 Å². The van der Waals surface area contributed by atoms with Gasteiger partial charge in [-0.2, -0.15) is 0 Å². The van der Waals surface area contributed by atoms with Crippen LogP contribution in [0.2, 0.25) is 0 Å². The summed E-state index contributed by atoms with van der Waals surface area (Å²) in [5, 5.41) is 2.88. The summed E-state index contributed by atoms with van der Waals surface area (Å²) in [6.45, 7) is 2.87. The third kappa shape index (κ3) is 7.30. The lowest BCUT2D eigenvalue weighted by Gasteiger charge is -2.31. The maximum Gasteiger partial charge on any atom is 0.328 e. The van der Waals surface area contributed by atoms with Crippen molar-refractivity contribution in [3.05, 3.63) is 54.1 Å². The van der Waals surface area contributed by atoms with Crippen molar-refractivity contribution in [3.8, 4) is 5.75 Å². The van der Waals surface area contributed by atoms with Gasteiger partial charge < -0.3 is 19.7 Å². The van der Waals surface area contributed by atoms with Crippen molar-refractivity contribution < 1.29 is 19.1 Å². The first kappa shape index (κ1) is 23.7. The summed E-state index contributed by atoms with van der Waals surface area (Å²) < 4.78 is 10.1. The highest BCUT2D eigenvalue weighted by Gasteiger charge is 2.25. The second kappa shape index (κ2) is 12.1. The quantitative estimate of drug-likeness (QED) is 0.565. The Balaban J connectivity index is 1.43. The van der Waals surface area contributed by atoms with E-state index < -0.39 is 12.0 Å². The Morgan fingerprint density at radius 1 is 1.16 bits per heavy atom. The molecule has 172 valence electrons. The van der Waals surface area contributed by atoms with E-state index >= 15 is 0 Å². The molecule has 1 aliphatic rings. The molecule has 0 bridgehead atoms. The summed E-state index contributed by atoms with van der Waals surface area (Å²) >= 11 is 0. The third-order valence-corrected chi connectivity index (χ3v) is 5.90. The Morgan fingerprint density at radius 2 is 1.91 bits per heavy atom. The summed E-state index contributed by atoms with van der Waals surface area (Å²) in [6, 6.07) is 6.75. The lowest BCUT2D eigenvalue weighted by molar-refractivity contribution is -0.145. The van der Waals surface area contributed by atoms with Gasteiger partial charge in [-0.25, -0.2) is 4.79 Å². The van der Waals surface area contributed by atoms with Crippen LogP contribution in [-0.2, 0) is 27.2 Å². The summed E-state index contributed by atoms with van der Waals surface area (Å²) in [6.07, 6.45) is 8.83. The molecular formula is C24H32N4O4. The predicted molar refractivity (Wildman–Crippen MR) is 120 cm³/mol. The van der Waals surface area contributed by atoms with Crippen LogP contribution in [0.4, 0.5) is 0 Å². The van der Waals surface area contributed by atoms with Crippen molar-refractivity contribution in [1.82, 2.24) is 20.2 Å². The molecule has 3 rings (SSSR count). The van der Waals surface area contributed by atoms with E-state index in [1.54, 1.807) is 25.7 Å². The molecular weight excluding hydrogens is 408 g/mol. The molecule has 1 aromatic heterocycles. The Labute approximate surface area is 189 Å². The number of nitrogens with zero attached hydrogens (tertiary/aromatic N) is 3. The fourth-order valence-corrected chi connectivity index (χ4v) is 3.99. The predicted octanol–water partition coefficient (Wildman–Crippen LogP) is 2.03. The summed E-state index contributed by atoms with van der Waals surface area (Å²) in [7, 11) is 2.95. The number of amides is 1. The van der Waals surface area contributed by atoms with Crippen molar-refractivity contribution >= 4 is 11.9 Å². The number of likely N-dealkylation sites (tertiary alicyclic amines) is 1. The summed E-state index contributed by atoms with van der Waals surface area (Å²) in [5.74, 6) is 0.525. The number of methoxy groups -OCH3 is 2. The molecule has 0 aliphatic carbocycles. The molecule has 0 saturated carbocycles. The zero-order valence-corrected chi connectivity index (χ0v) is 18.8. The lowest BCUT2D eigenvalue weighted by atomic mass is 9.93. The maximum atomic E-state index is 12.7. The molecule has 8 heteroatoms. The Bertz CT molecular complexity index is 852. The molecule has 1 aliphatic heterocycles. The number of piperidine rings is 1. The number of aromatic nitrogens is 2. The molecule has 1 unspecified atom stereocenters. The molecule has 1 saturated heterocycles. The average Bonchev–Trinajstić information content (AvgIpc) is 2.83. The highest BCUT2D eigenvalue weighted by Crippen LogP contribution is 2.21. The molecule has 1 N–H and O–H groups in total. The van der Waals surface area contributed by atoms with Gasteiger partial charge in [0.2, 0.25) is 5.91 Å². The van der Waals surface area contributed by atoms with E-state index in [2.05, 4.69) is 20.2 Å². The van der Waals surface area contributed by atoms with Crippen LogP contribution in [0.1, 0.15) is 30.5 Å². The Kier molecular flexibility index (Phi) is 8.98. The molecule has 1 atom stereocenters. The Hall–Kier alpha value is -3.00. The summed E-state index contributed by atoms with van der Waals surface area (Å²) in [4.78, 5) is 35.7. The number of hydrogen-bond acceptors (Lipinski definition) is 7. The maximum absolute atomic E-state index is 12.7. The number of hydrogen-bond donors (Lipinski definition) is 1. The number of nitrogens with one attached hydrogen (secondary N) is 1. The first-order chi connectivity index (χ1) is 15.6. The minimum absolute atomic E-state index is 0.105. The zero-order valence-electron chi connectivity index (χ0n) is 18.8. The second-order valence-electron chi connectivity index (χ2n) is 8.13. The first-order valence-electron chi connectivity index (χ1n) is 11.0. The number of rotatable bonds is 10. The SMILES string of the molecule is COC(=O)C(Cc1ccc(OC)cc1)NC(=O)CC1CCN(CCc2cnccn2)CC1. The van der Waals surface area contributed by atoms with Gasteiger partial charge in [0.25, 0.3) is 0 Å². The molecule has 0 radical (unpaired) electrons. The minimum atomic E-state index is -0.701. The fraction of sp³-hybridized carbons (Fsp3) is 0.500. The van der Waals surface area contributed by atoms with Crippen molar-refractivity contribution in [2.75, 3.05) is 33.9 Å². The van der Waals surface area contributed by atoms with Crippen molar-refractivity contribution in [2.24, 2.45) is 5.92 Å². The van der Waals surface area contributed by atoms with E-state index in [4.69, 9.17) is 9.47 Å².